The van der Waals surface area contributed by atoms with Crippen LogP contribution in [-0.4, -0.2) is 16.5 Å². The Balaban J connectivity index is 1.08. The number of nitrogens with one attached hydrogen (secondary N) is 1. The Kier molecular flexibility index (Phi) is 11.0. The molecule has 8 heteroatoms. The Morgan fingerprint density at radius 3 is 1.81 bits per heavy atom. The maximum atomic E-state index is 6.58. The highest BCUT2D eigenvalue weighted by atomic mass is 32.1. The fraction of sp³-hybridized carbons (Fsp3) is 0.400. The summed E-state index contributed by atoms with van der Waals surface area (Å²) in [5.41, 5.74) is 6.58. The van der Waals surface area contributed by atoms with Crippen molar-refractivity contribution in [1.29, 1.82) is 0 Å². The Bertz CT molecular complexity index is 2120. The van der Waals surface area contributed by atoms with Crippen molar-refractivity contribution in [3.63, 3.8) is 0 Å². The SMILES string of the molecule is CCCCCCCCNc1cnc(-c2cc3cc4ccc5cc6cc(-c7ncc(C(N)CCCCCCC)s7)sc6cc5c4cc3s2)s1. The molecule has 7 aromatic rings. The van der Waals surface area contributed by atoms with Gasteiger partial charge in [-0.15, -0.1) is 34.0 Å². The van der Waals surface area contributed by atoms with Crippen molar-refractivity contribution in [3.05, 3.63) is 65.8 Å². The zero-order chi connectivity index (χ0) is 32.9. The van der Waals surface area contributed by atoms with Gasteiger partial charge in [-0.05, 0) is 81.6 Å². The van der Waals surface area contributed by atoms with Crippen LogP contribution < -0.4 is 11.1 Å². The van der Waals surface area contributed by atoms with Gasteiger partial charge >= 0.3 is 0 Å². The fourth-order valence-electron chi connectivity index (χ4n) is 6.61. The Morgan fingerprint density at radius 1 is 0.604 bits per heavy atom. The van der Waals surface area contributed by atoms with Crippen LogP contribution in [0.4, 0.5) is 5.00 Å². The number of benzene rings is 3. The first-order chi connectivity index (χ1) is 23.6. The average Bonchev–Trinajstić information content (AvgIpc) is 3.91. The highest BCUT2D eigenvalue weighted by molar-refractivity contribution is 7.27. The minimum Gasteiger partial charge on any atom is -0.376 e. The number of aromatic nitrogens is 2. The lowest BCUT2D eigenvalue weighted by Crippen LogP contribution is -2.08. The number of thiazole rings is 2. The van der Waals surface area contributed by atoms with Gasteiger partial charge < -0.3 is 11.1 Å². The van der Waals surface area contributed by atoms with Gasteiger partial charge in [-0.1, -0.05) is 102 Å². The number of nitrogens with two attached hydrogens (primary N) is 1. The molecule has 250 valence electrons. The lowest BCUT2D eigenvalue weighted by Gasteiger charge is -2.08. The molecule has 0 saturated carbocycles. The molecule has 4 aromatic heterocycles. The van der Waals surface area contributed by atoms with Crippen LogP contribution in [0.2, 0.25) is 0 Å². The topological polar surface area (TPSA) is 63.8 Å². The molecule has 3 aromatic carbocycles. The van der Waals surface area contributed by atoms with Gasteiger partial charge in [-0.3, -0.25) is 0 Å². The average molecular weight is 711 g/mol. The molecule has 0 aliphatic heterocycles. The Hall–Kier alpha value is -2.88. The van der Waals surface area contributed by atoms with E-state index in [4.69, 9.17) is 15.7 Å². The van der Waals surface area contributed by atoms with E-state index in [1.807, 2.05) is 35.1 Å². The molecular formula is C40H46N4S4. The van der Waals surface area contributed by atoms with Gasteiger partial charge in [-0.25, -0.2) is 9.97 Å². The molecule has 1 atom stereocenters. The van der Waals surface area contributed by atoms with Crippen molar-refractivity contribution in [2.45, 2.75) is 96.9 Å². The van der Waals surface area contributed by atoms with E-state index in [0.717, 1.165) is 23.0 Å². The third-order valence-electron chi connectivity index (χ3n) is 9.37. The summed E-state index contributed by atoms with van der Waals surface area (Å²) in [4.78, 5) is 13.3. The molecule has 4 nitrogen and oxygen atoms in total. The number of rotatable bonds is 17. The summed E-state index contributed by atoms with van der Waals surface area (Å²) in [6.45, 7) is 5.55. The molecule has 48 heavy (non-hydrogen) atoms. The maximum Gasteiger partial charge on any atom is 0.135 e. The van der Waals surface area contributed by atoms with Crippen LogP contribution in [0.1, 0.15) is 102 Å². The van der Waals surface area contributed by atoms with Crippen LogP contribution in [0.15, 0.2) is 60.9 Å². The molecule has 0 saturated heterocycles. The van der Waals surface area contributed by atoms with Crippen molar-refractivity contribution >= 4 is 92.1 Å². The number of fused-ring (bicyclic) bond motifs is 5. The van der Waals surface area contributed by atoms with E-state index in [0.29, 0.717) is 0 Å². The molecule has 0 aliphatic rings. The van der Waals surface area contributed by atoms with Crippen molar-refractivity contribution in [3.8, 4) is 19.8 Å². The van der Waals surface area contributed by atoms with Gasteiger partial charge in [0.1, 0.15) is 15.0 Å². The second kappa shape index (κ2) is 15.8. The Labute approximate surface area is 300 Å². The molecule has 0 aliphatic carbocycles. The normalized spacial score (nSPS) is 12.6. The maximum absolute atomic E-state index is 6.58. The van der Waals surface area contributed by atoms with Crippen LogP contribution in [0, 0.1) is 0 Å². The second-order valence-electron chi connectivity index (χ2n) is 13.1. The van der Waals surface area contributed by atoms with Crippen molar-refractivity contribution in [2.24, 2.45) is 5.73 Å². The number of hydrogen-bond donors (Lipinski definition) is 2. The summed E-state index contributed by atoms with van der Waals surface area (Å²) in [7, 11) is 0. The smallest absolute Gasteiger partial charge is 0.135 e. The van der Waals surface area contributed by atoms with Crippen molar-refractivity contribution in [2.75, 3.05) is 11.9 Å². The van der Waals surface area contributed by atoms with E-state index in [1.54, 1.807) is 22.7 Å². The summed E-state index contributed by atoms with van der Waals surface area (Å²) >= 11 is 7.22. The monoisotopic (exact) mass is 710 g/mol. The van der Waals surface area contributed by atoms with E-state index < -0.39 is 0 Å². The van der Waals surface area contributed by atoms with Gasteiger partial charge in [0.15, 0.2) is 0 Å². The zero-order valence-corrected chi connectivity index (χ0v) is 31.4. The number of anilines is 1. The fourth-order valence-corrected chi connectivity index (χ4v) is 10.7. The Morgan fingerprint density at radius 2 is 1.17 bits per heavy atom. The number of thiophene rings is 2. The first-order valence-electron chi connectivity index (χ1n) is 17.8. The molecule has 7 rings (SSSR count). The van der Waals surface area contributed by atoms with Crippen LogP contribution in [-0.2, 0) is 0 Å². The summed E-state index contributed by atoms with van der Waals surface area (Å²) in [5.74, 6) is 0. The molecule has 0 bridgehead atoms. The number of nitrogens with zero attached hydrogens (tertiary/aromatic N) is 2. The van der Waals surface area contributed by atoms with Gasteiger partial charge in [0.2, 0.25) is 0 Å². The number of hydrogen-bond acceptors (Lipinski definition) is 8. The molecule has 0 amide bonds. The highest BCUT2D eigenvalue weighted by Gasteiger charge is 2.15. The van der Waals surface area contributed by atoms with E-state index in [2.05, 4.69) is 67.7 Å². The summed E-state index contributed by atoms with van der Waals surface area (Å²) in [6.07, 6.45) is 19.3. The van der Waals surface area contributed by atoms with Crippen LogP contribution in [0.3, 0.4) is 0 Å². The van der Waals surface area contributed by atoms with E-state index in [-0.39, 0.29) is 6.04 Å². The summed E-state index contributed by atoms with van der Waals surface area (Å²) in [5, 5.41) is 14.7. The quantitative estimate of drug-likeness (QED) is 0.0729. The molecule has 0 radical (unpaired) electrons. The minimum atomic E-state index is 0.0834. The largest absolute Gasteiger partial charge is 0.376 e. The standard InChI is InChI=1S/C40H46N4S4/c1-3-5-7-9-11-13-17-42-38-25-44-40(48-38)36-21-29-19-27-16-15-26-18-28-20-35(45-33(28)22-30(26)31(27)23-34(29)46-36)39-43-24-37(47-39)32(41)14-12-10-8-6-4-2/h15-16,18-25,32,42H,3-14,17,41H2,1-2H3. The van der Waals surface area contributed by atoms with E-state index >= 15 is 0 Å². The van der Waals surface area contributed by atoms with Gasteiger partial charge in [0.25, 0.3) is 0 Å². The van der Waals surface area contributed by atoms with Crippen LogP contribution >= 0.6 is 45.3 Å². The lowest BCUT2D eigenvalue weighted by molar-refractivity contribution is 0.559. The molecule has 1 unspecified atom stereocenters. The molecular weight excluding hydrogens is 665 g/mol. The number of unbranched alkanes of at least 4 members (excludes halogenated alkanes) is 9. The molecule has 0 fully saturated rings. The first-order valence-corrected chi connectivity index (χ1v) is 21.1. The molecule has 0 spiro atoms. The predicted octanol–water partition coefficient (Wildman–Crippen LogP) is 13.8. The van der Waals surface area contributed by atoms with Gasteiger partial charge in [-0.2, -0.15) is 0 Å². The predicted molar refractivity (Wildman–Crippen MR) is 217 cm³/mol. The lowest BCUT2D eigenvalue weighted by atomic mass is 10.00. The highest BCUT2D eigenvalue weighted by Crippen LogP contribution is 2.42. The molecule has 4 heterocycles. The van der Waals surface area contributed by atoms with E-state index in [1.165, 1.54) is 132 Å². The van der Waals surface area contributed by atoms with Gasteiger partial charge in [0, 0.05) is 33.1 Å². The van der Waals surface area contributed by atoms with Crippen LogP contribution in [0.25, 0.3) is 61.5 Å². The van der Waals surface area contributed by atoms with Crippen molar-refractivity contribution in [1.82, 2.24) is 9.97 Å². The third-order valence-corrected chi connectivity index (χ3v) is 14.0. The summed E-state index contributed by atoms with van der Waals surface area (Å²) in [6, 6.07) is 18.7. The third kappa shape index (κ3) is 7.63. The zero-order valence-electron chi connectivity index (χ0n) is 28.1. The van der Waals surface area contributed by atoms with Crippen LogP contribution in [0.5, 0.6) is 0 Å². The molecule has 3 N–H and O–H groups in total. The van der Waals surface area contributed by atoms with E-state index in [9.17, 15) is 0 Å². The van der Waals surface area contributed by atoms with Crippen molar-refractivity contribution < 1.29 is 0 Å². The summed E-state index contributed by atoms with van der Waals surface area (Å²) < 4.78 is 2.61. The van der Waals surface area contributed by atoms with Gasteiger partial charge in [0.05, 0.1) is 16.0 Å². The second-order valence-corrected chi connectivity index (χ2v) is 17.4. The first kappa shape index (κ1) is 33.6. The minimum absolute atomic E-state index is 0.0834.